The number of hydrogen-bond donors (Lipinski definition) is 1. The summed E-state index contributed by atoms with van der Waals surface area (Å²) in [6.45, 7) is 5.71. The lowest BCUT2D eigenvalue weighted by Gasteiger charge is -2.32. The fourth-order valence-corrected chi connectivity index (χ4v) is 4.22. The number of carbonyl (C=O) groups excluding carboxylic acids is 1. The Kier molecular flexibility index (Phi) is 4.21. The van der Waals surface area contributed by atoms with Crippen molar-refractivity contribution in [3.05, 3.63) is 16.1 Å². The van der Waals surface area contributed by atoms with Gasteiger partial charge in [0.25, 0.3) is 0 Å². The van der Waals surface area contributed by atoms with E-state index in [1.165, 1.54) is 0 Å². The molecule has 1 aromatic rings. The molecule has 1 aromatic heterocycles. The first kappa shape index (κ1) is 15.5. The molecule has 3 atom stereocenters. The standard InChI is InChI=1S/C16H22N2O3S/c1-9(2)13-8-22-14(17-13)10-4-3-5-18(7-10)15(19)11-6-12(11)16(20)21/h8-12H,3-7H2,1-2H3,(H,20,21)/t10-,11+,12+/m1/s1. The van der Waals surface area contributed by atoms with E-state index in [2.05, 4.69) is 19.2 Å². The van der Waals surface area contributed by atoms with Gasteiger partial charge in [-0.15, -0.1) is 11.3 Å². The average Bonchev–Trinajstić information content (AvgIpc) is 3.15. The molecule has 0 radical (unpaired) electrons. The molecule has 0 spiro atoms. The highest BCUT2D eigenvalue weighted by Gasteiger charge is 2.50. The normalized spacial score (nSPS) is 28.0. The van der Waals surface area contributed by atoms with Crippen LogP contribution in [0.25, 0.3) is 0 Å². The van der Waals surface area contributed by atoms with Crippen molar-refractivity contribution < 1.29 is 14.7 Å². The second kappa shape index (κ2) is 5.99. The summed E-state index contributed by atoms with van der Waals surface area (Å²) in [7, 11) is 0. The number of rotatable bonds is 4. The maximum Gasteiger partial charge on any atom is 0.307 e. The number of amides is 1. The summed E-state index contributed by atoms with van der Waals surface area (Å²) in [5, 5.41) is 12.2. The summed E-state index contributed by atoms with van der Waals surface area (Å²) in [6, 6.07) is 0. The Labute approximate surface area is 134 Å². The molecule has 2 aliphatic rings. The molecule has 2 fully saturated rings. The van der Waals surface area contributed by atoms with Crippen molar-refractivity contribution in [2.75, 3.05) is 13.1 Å². The Hall–Kier alpha value is -1.43. The van der Waals surface area contributed by atoms with Gasteiger partial charge in [0.05, 0.1) is 22.5 Å². The summed E-state index contributed by atoms with van der Waals surface area (Å²) < 4.78 is 0. The van der Waals surface area contributed by atoms with Crippen molar-refractivity contribution in [3.63, 3.8) is 0 Å². The highest BCUT2D eigenvalue weighted by atomic mass is 32.1. The van der Waals surface area contributed by atoms with Crippen LogP contribution in [-0.2, 0) is 9.59 Å². The Morgan fingerprint density at radius 1 is 1.41 bits per heavy atom. The second-order valence-electron chi connectivity index (χ2n) is 6.68. The zero-order valence-corrected chi connectivity index (χ0v) is 13.8. The molecule has 2 heterocycles. The molecule has 120 valence electrons. The molecule has 0 unspecified atom stereocenters. The fraction of sp³-hybridized carbons (Fsp3) is 0.688. The van der Waals surface area contributed by atoms with Crippen LogP contribution in [0.3, 0.4) is 0 Å². The SMILES string of the molecule is CC(C)c1csc([C@@H]2CCCN(C(=O)[C@H]3C[C@@H]3C(=O)O)C2)n1. The third-order valence-corrected chi connectivity index (χ3v) is 5.66. The van der Waals surface area contributed by atoms with E-state index in [4.69, 9.17) is 10.1 Å². The van der Waals surface area contributed by atoms with E-state index in [0.29, 0.717) is 24.8 Å². The maximum absolute atomic E-state index is 12.4. The van der Waals surface area contributed by atoms with Crippen molar-refractivity contribution >= 4 is 23.2 Å². The van der Waals surface area contributed by atoms with Gasteiger partial charge in [0.1, 0.15) is 0 Å². The van der Waals surface area contributed by atoms with Crippen LogP contribution in [0.4, 0.5) is 0 Å². The minimum atomic E-state index is -0.839. The number of carboxylic acids is 1. The number of hydrogen-bond acceptors (Lipinski definition) is 4. The van der Waals surface area contributed by atoms with Crippen LogP contribution >= 0.6 is 11.3 Å². The van der Waals surface area contributed by atoms with Crippen molar-refractivity contribution in [1.82, 2.24) is 9.88 Å². The first-order valence-corrected chi connectivity index (χ1v) is 8.82. The third kappa shape index (κ3) is 3.02. The number of aromatic nitrogens is 1. The molecule has 3 rings (SSSR count). The van der Waals surface area contributed by atoms with Gasteiger partial charge in [0.2, 0.25) is 5.91 Å². The van der Waals surface area contributed by atoms with Crippen LogP contribution in [0.1, 0.15) is 55.6 Å². The summed E-state index contributed by atoms with van der Waals surface area (Å²) in [4.78, 5) is 29.9. The molecule has 1 aliphatic heterocycles. The Bertz CT molecular complexity index is 584. The van der Waals surface area contributed by atoms with Crippen LogP contribution in [-0.4, -0.2) is 40.0 Å². The van der Waals surface area contributed by atoms with Gasteiger partial charge in [0.15, 0.2) is 0 Å². The van der Waals surface area contributed by atoms with E-state index in [9.17, 15) is 9.59 Å². The van der Waals surface area contributed by atoms with E-state index in [1.54, 1.807) is 11.3 Å². The number of carbonyl (C=O) groups is 2. The molecule has 1 amide bonds. The van der Waals surface area contributed by atoms with Gasteiger partial charge < -0.3 is 10.0 Å². The predicted octanol–water partition coefficient (Wildman–Crippen LogP) is 2.69. The zero-order valence-electron chi connectivity index (χ0n) is 13.0. The first-order chi connectivity index (χ1) is 10.5. The van der Waals surface area contributed by atoms with Crippen molar-refractivity contribution in [3.8, 4) is 0 Å². The minimum Gasteiger partial charge on any atom is -0.481 e. The molecule has 1 saturated carbocycles. The van der Waals surface area contributed by atoms with Crippen molar-refractivity contribution in [2.45, 2.75) is 44.9 Å². The van der Waals surface area contributed by atoms with E-state index in [1.807, 2.05) is 4.90 Å². The molecule has 22 heavy (non-hydrogen) atoms. The maximum atomic E-state index is 12.4. The Balaban J connectivity index is 1.64. The van der Waals surface area contributed by atoms with Crippen molar-refractivity contribution in [2.24, 2.45) is 11.8 Å². The monoisotopic (exact) mass is 322 g/mol. The van der Waals surface area contributed by atoms with Crippen LogP contribution in [0, 0.1) is 11.8 Å². The lowest BCUT2D eigenvalue weighted by atomic mass is 9.98. The van der Waals surface area contributed by atoms with Crippen LogP contribution in [0.5, 0.6) is 0 Å². The van der Waals surface area contributed by atoms with Gasteiger partial charge in [-0.2, -0.15) is 0 Å². The van der Waals surface area contributed by atoms with Gasteiger partial charge in [0, 0.05) is 24.4 Å². The summed E-state index contributed by atoms with van der Waals surface area (Å²) in [5.41, 5.74) is 1.12. The highest BCUT2D eigenvalue weighted by Crippen LogP contribution is 2.41. The topological polar surface area (TPSA) is 70.5 Å². The highest BCUT2D eigenvalue weighted by molar-refractivity contribution is 7.09. The fourth-order valence-electron chi connectivity index (χ4n) is 3.11. The molecule has 5 nitrogen and oxygen atoms in total. The summed E-state index contributed by atoms with van der Waals surface area (Å²) in [5.74, 6) is -0.837. The van der Waals surface area contributed by atoms with Gasteiger partial charge >= 0.3 is 5.97 Å². The molecular formula is C16H22N2O3S. The number of thiazole rings is 1. The number of aliphatic carboxylic acids is 1. The minimum absolute atomic E-state index is 0.0257. The second-order valence-corrected chi connectivity index (χ2v) is 7.57. The molecule has 6 heteroatoms. The quantitative estimate of drug-likeness (QED) is 0.925. The Morgan fingerprint density at radius 3 is 2.77 bits per heavy atom. The van der Waals surface area contributed by atoms with Crippen LogP contribution in [0.15, 0.2) is 5.38 Å². The number of nitrogens with zero attached hydrogens (tertiary/aromatic N) is 2. The van der Waals surface area contributed by atoms with Crippen molar-refractivity contribution in [1.29, 1.82) is 0 Å². The predicted molar refractivity (Wildman–Crippen MR) is 84.0 cm³/mol. The number of carboxylic acid groups (broad SMARTS) is 1. The lowest BCUT2D eigenvalue weighted by molar-refractivity contribution is -0.142. The molecule has 0 bridgehead atoms. The van der Waals surface area contributed by atoms with E-state index < -0.39 is 11.9 Å². The van der Waals surface area contributed by atoms with E-state index in [0.717, 1.165) is 30.1 Å². The largest absolute Gasteiger partial charge is 0.481 e. The van der Waals surface area contributed by atoms with Gasteiger partial charge in [-0.25, -0.2) is 4.98 Å². The molecule has 0 aromatic carbocycles. The summed E-state index contributed by atoms with van der Waals surface area (Å²) in [6.07, 6.45) is 2.53. The van der Waals surface area contributed by atoms with Gasteiger partial charge in [-0.1, -0.05) is 13.8 Å². The Morgan fingerprint density at radius 2 is 2.18 bits per heavy atom. The molecule has 1 N–H and O–H groups in total. The third-order valence-electron chi connectivity index (χ3n) is 4.64. The zero-order chi connectivity index (χ0) is 15.9. The van der Waals surface area contributed by atoms with Gasteiger partial charge in [-0.3, -0.25) is 9.59 Å². The summed E-state index contributed by atoms with van der Waals surface area (Å²) >= 11 is 1.68. The first-order valence-electron chi connectivity index (χ1n) is 7.94. The number of piperidine rings is 1. The molecule has 1 aliphatic carbocycles. The van der Waals surface area contributed by atoms with Crippen LogP contribution < -0.4 is 0 Å². The molecular weight excluding hydrogens is 300 g/mol. The van der Waals surface area contributed by atoms with Crippen LogP contribution in [0.2, 0.25) is 0 Å². The number of likely N-dealkylation sites (tertiary alicyclic amines) is 1. The average molecular weight is 322 g/mol. The lowest BCUT2D eigenvalue weighted by Crippen LogP contribution is -2.40. The smallest absolute Gasteiger partial charge is 0.307 e. The van der Waals surface area contributed by atoms with E-state index in [-0.39, 0.29) is 11.8 Å². The molecule has 1 saturated heterocycles. The van der Waals surface area contributed by atoms with E-state index >= 15 is 0 Å². The van der Waals surface area contributed by atoms with Gasteiger partial charge in [-0.05, 0) is 25.2 Å².